The molecule has 0 aliphatic carbocycles. The highest BCUT2D eigenvalue weighted by Gasteiger charge is 2.31. The predicted molar refractivity (Wildman–Crippen MR) is 110 cm³/mol. The van der Waals surface area contributed by atoms with Crippen LogP contribution in [0.1, 0.15) is 34.3 Å². The zero-order valence-electron chi connectivity index (χ0n) is 17.2. The first-order chi connectivity index (χ1) is 14.0. The summed E-state index contributed by atoms with van der Waals surface area (Å²) in [6.45, 7) is 2.71. The molecule has 7 heteroatoms. The number of hydrogen-bond acceptors (Lipinski definition) is 5. The van der Waals surface area contributed by atoms with Crippen molar-refractivity contribution >= 4 is 5.91 Å². The molecule has 2 aromatic rings. The number of aliphatic hydroxyl groups excluding tert-OH is 1. The summed E-state index contributed by atoms with van der Waals surface area (Å²) in [7, 11) is 3.17. The van der Waals surface area contributed by atoms with E-state index in [1.807, 2.05) is 18.2 Å². The van der Waals surface area contributed by atoms with Gasteiger partial charge in [-0.25, -0.2) is 0 Å². The molecular weight excluding hydrogens is 372 g/mol. The van der Waals surface area contributed by atoms with Crippen molar-refractivity contribution in [3.8, 4) is 11.5 Å². The lowest BCUT2D eigenvalue weighted by Crippen LogP contribution is -2.41. The second kappa shape index (κ2) is 9.13. The third-order valence-corrected chi connectivity index (χ3v) is 5.53. The first-order valence-corrected chi connectivity index (χ1v) is 9.83. The Balaban J connectivity index is 1.82. The molecule has 2 heterocycles. The Labute approximate surface area is 170 Å². The fourth-order valence-electron chi connectivity index (χ4n) is 3.82. The van der Waals surface area contributed by atoms with Gasteiger partial charge in [-0.1, -0.05) is 6.07 Å². The number of aryl methyl sites for hydroxylation is 3. The molecule has 156 valence electrons. The van der Waals surface area contributed by atoms with Gasteiger partial charge in [0, 0.05) is 19.3 Å². The van der Waals surface area contributed by atoms with Gasteiger partial charge in [0.25, 0.3) is 11.5 Å². The van der Waals surface area contributed by atoms with Gasteiger partial charge in [-0.05, 0) is 55.5 Å². The monoisotopic (exact) mass is 400 g/mol. The molecule has 1 aliphatic heterocycles. The largest absolute Gasteiger partial charge is 0.493 e. The number of carbonyl (C=O) groups excluding carboxylic acids is 1. The standard InChI is InChI=1S/C22H28N2O5/c1-15-8-11-23(12-9-16-6-7-18(28-2)19(13-16)29-3)21(26)20(15)22(27)24-10-4-5-17(24)14-25/h6-8,11,13,17,25H,4-5,9-10,12,14H2,1-3H3/t17-/m0/s1. The quantitative estimate of drug-likeness (QED) is 0.769. The van der Waals surface area contributed by atoms with Crippen LogP contribution in [0, 0.1) is 6.92 Å². The van der Waals surface area contributed by atoms with Crippen molar-refractivity contribution in [3.05, 3.63) is 57.5 Å². The minimum absolute atomic E-state index is 0.0783. The Morgan fingerprint density at radius 1 is 1.21 bits per heavy atom. The topological polar surface area (TPSA) is 81.0 Å². The zero-order chi connectivity index (χ0) is 21.0. The van der Waals surface area contributed by atoms with Crippen LogP contribution >= 0.6 is 0 Å². The van der Waals surface area contributed by atoms with Gasteiger partial charge < -0.3 is 24.0 Å². The summed E-state index contributed by atoms with van der Waals surface area (Å²) in [5, 5.41) is 9.52. The smallest absolute Gasteiger partial charge is 0.263 e. The molecular formula is C22H28N2O5. The molecule has 1 aromatic carbocycles. The van der Waals surface area contributed by atoms with E-state index in [1.54, 1.807) is 42.9 Å². The fourth-order valence-corrected chi connectivity index (χ4v) is 3.82. The lowest BCUT2D eigenvalue weighted by Gasteiger charge is -2.23. The molecule has 0 bridgehead atoms. The van der Waals surface area contributed by atoms with E-state index in [0.29, 0.717) is 36.6 Å². The number of methoxy groups -OCH3 is 2. The highest BCUT2D eigenvalue weighted by molar-refractivity contribution is 5.95. The number of likely N-dealkylation sites (tertiary alicyclic amines) is 1. The van der Waals surface area contributed by atoms with Gasteiger partial charge in [0.15, 0.2) is 11.5 Å². The van der Waals surface area contributed by atoms with E-state index in [-0.39, 0.29) is 29.7 Å². The lowest BCUT2D eigenvalue weighted by atomic mass is 10.1. The van der Waals surface area contributed by atoms with Crippen molar-refractivity contribution in [1.82, 2.24) is 9.47 Å². The van der Waals surface area contributed by atoms with Crippen LogP contribution in [0.4, 0.5) is 0 Å². The van der Waals surface area contributed by atoms with Crippen LogP contribution in [0.2, 0.25) is 0 Å². The van der Waals surface area contributed by atoms with Gasteiger partial charge in [-0.15, -0.1) is 0 Å². The summed E-state index contributed by atoms with van der Waals surface area (Å²) >= 11 is 0. The minimum Gasteiger partial charge on any atom is -0.493 e. The maximum atomic E-state index is 13.0. The maximum absolute atomic E-state index is 13.0. The van der Waals surface area contributed by atoms with E-state index in [2.05, 4.69) is 0 Å². The summed E-state index contributed by atoms with van der Waals surface area (Å²) < 4.78 is 12.2. The number of amides is 1. The molecule has 1 aliphatic rings. The van der Waals surface area contributed by atoms with Crippen LogP contribution in [0.5, 0.6) is 11.5 Å². The van der Waals surface area contributed by atoms with Crippen LogP contribution in [-0.4, -0.2) is 53.9 Å². The Morgan fingerprint density at radius 2 is 1.97 bits per heavy atom. The average Bonchev–Trinajstić information content (AvgIpc) is 3.21. The summed E-state index contributed by atoms with van der Waals surface area (Å²) in [5.41, 5.74) is 1.56. The number of rotatable bonds is 7. The number of hydrogen-bond donors (Lipinski definition) is 1. The molecule has 3 rings (SSSR count). The van der Waals surface area contributed by atoms with E-state index >= 15 is 0 Å². The van der Waals surface area contributed by atoms with Crippen LogP contribution in [-0.2, 0) is 13.0 Å². The second-order valence-electron chi connectivity index (χ2n) is 7.29. The molecule has 7 nitrogen and oxygen atoms in total. The van der Waals surface area contributed by atoms with Crippen molar-refractivity contribution in [2.24, 2.45) is 0 Å². The normalized spacial score (nSPS) is 16.1. The van der Waals surface area contributed by atoms with Gasteiger partial charge in [-0.2, -0.15) is 0 Å². The molecule has 0 unspecified atom stereocenters. The van der Waals surface area contributed by atoms with Crippen molar-refractivity contribution in [2.45, 2.75) is 38.8 Å². The molecule has 1 aromatic heterocycles. The number of nitrogens with zero attached hydrogens (tertiary/aromatic N) is 2. The fraction of sp³-hybridized carbons (Fsp3) is 0.455. The molecule has 0 saturated carbocycles. The van der Waals surface area contributed by atoms with E-state index in [0.717, 1.165) is 18.4 Å². The Bertz CT molecular complexity index is 937. The van der Waals surface area contributed by atoms with Crippen LogP contribution in [0.3, 0.4) is 0 Å². The van der Waals surface area contributed by atoms with E-state index in [1.165, 1.54) is 0 Å². The van der Waals surface area contributed by atoms with Gasteiger partial charge in [0.2, 0.25) is 0 Å². The van der Waals surface area contributed by atoms with Crippen LogP contribution in [0.25, 0.3) is 0 Å². The molecule has 29 heavy (non-hydrogen) atoms. The van der Waals surface area contributed by atoms with Crippen LogP contribution < -0.4 is 15.0 Å². The third kappa shape index (κ3) is 4.29. The molecule has 1 saturated heterocycles. The Morgan fingerprint density at radius 3 is 2.66 bits per heavy atom. The van der Waals surface area contributed by atoms with Gasteiger partial charge in [0.05, 0.1) is 26.9 Å². The maximum Gasteiger partial charge on any atom is 0.263 e. The van der Waals surface area contributed by atoms with Gasteiger partial charge in [-0.3, -0.25) is 9.59 Å². The summed E-state index contributed by atoms with van der Waals surface area (Å²) in [4.78, 5) is 27.7. The first-order valence-electron chi connectivity index (χ1n) is 9.83. The minimum atomic E-state index is -0.293. The zero-order valence-corrected chi connectivity index (χ0v) is 17.2. The van der Waals surface area contributed by atoms with E-state index in [9.17, 15) is 14.7 Å². The molecule has 0 spiro atoms. The van der Waals surface area contributed by atoms with Crippen molar-refractivity contribution in [2.75, 3.05) is 27.4 Å². The lowest BCUT2D eigenvalue weighted by molar-refractivity contribution is 0.0674. The molecule has 1 amide bonds. The highest BCUT2D eigenvalue weighted by Crippen LogP contribution is 2.27. The SMILES string of the molecule is COc1ccc(CCn2ccc(C)c(C(=O)N3CCC[C@H]3CO)c2=O)cc1OC. The second-order valence-corrected chi connectivity index (χ2v) is 7.29. The van der Waals surface area contributed by atoms with Crippen LogP contribution in [0.15, 0.2) is 35.3 Å². The highest BCUT2D eigenvalue weighted by atomic mass is 16.5. The van der Waals surface area contributed by atoms with Crippen molar-refractivity contribution in [1.29, 1.82) is 0 Å². The molecule has 1 fully saturated rings. The first kappa shape index (κ1) is 20.9. The summed E-state index contributed by atoms with van der Waals surface area (Å²) in [5.74, 6) is 1.01. The summed E-state index contributed by atoms with van der Waals surface area (Å²) in [6, 6.07) is 7.25. The van der Waals surface area contributed by atoms with E-state index in [4.69, 9.17) is 9.47 Å². The van der Waals surface area contributed by atoms with Gasteiger partial charge >= 0.3 is 0 Å². The third-order valence-electron chi connectivity index (χ3n) is 5.53. The number of pyridine rings is 1. The Kier molecular flexibility index (Phi) is 6.59. The molecule has 1 atom stereocenters. The Hall–Kier alpha value is -2.80. The van der Waals surface area contributed by atoms with Gasteiger partial charge in [0.1, 0.15) is 5.56 Å². The number of ether oxygens (including phenoxy) is 2. The summed E-state index contributed by atoms with van der Waals surface area (Å²) in [6.07, 6.45) is 3.95. The number of carbonyl (C=O) groups is 1. The van der Waals surface area contributed by atoms with E-state index < -0.39 is 0 Å². The predicted octanol–water partition coefficient (Wildman–Crippen LogP) is 2.01. The number of aliphatic hydroxyl groups is 1. The molecule has 0 radical (unpaired) electrons. The molecule has 1 N–H and O–H groups in total. The number of benzene rings is 1. The van der Waals surface area contributed by atoms with Crippen molar-refractivity contribution in [3.63, 3.8) is 0 Å². The average molecular weight is 400 g/mol. The van der Waals surface area contributed by atoms with Crippen molar-refractivity contribution < 1.29 is 19.4 Å². The number of aromatic nitrogens is 1.